The number of hydrogen-bond acceptors (Lipinski definition) is 3. The highest BCUT2D eigenvalue weighted by molar-refractivity contribution is 5.76. The fraction of sp³-hybridized carbons (Fsp3) is 0.917. The van der Waals surface area contributed by atoms with E-state index < -0.39 is 0 Å². The highest BCUT2D eigenvalue weighted by Crippen LogP contribution is 2.18. The third-order valence-electron chi connectivity index (χ3n) is 2.96. The highest BCUT2D eigenvalue weighted by atomic mass is 16.5. The second-order valence-electron chi connectivity index (χ2n) is 4.37. The summed E-state index contributed by atoms with van der Waals surface area (Å²) in [5.74, 6) is 0.112. The molecule has 1 rings (SSSR count). The molecule has 1 aliphatic rings. The van der Waals surface area contributed by atoms with Crippen LogP contribution in [0.4, 0.5) is 0 Å². The third kappa shape index (κ3) is 5.47. The molecule has 1 amide bonds. The summed E-state index contributed by atoms with van der Waals surface area (Å²) < 4.78 is 5.17. The van der Waals surface area contributed by atoms with Crippen molar-refractivity contribution in [1.82, 2.24) is 5.32 Å². The molecule has 0 aromatic rings. The largest absolute Gasteiger partial charge is 0.393 e. The molecular formula is C12H23NO3. The Morgan fingerprint density at radius 2 is 2.06 bits per heavy atom. The summed E-state index contributed by atoms with van der Waals surface area (Å²) in [6.07, 6.45) is 4.59. The van der Waals surface area contributed by atoms with Gasteiger partial charge in [-0.05, 0) is 39.0 Å². The lowest BCUT2D eigenvalue weighted by atomic mass is 9.93. The van der Waals surface area contributed by atoms with E-state index in [0.29, 0.717) is 19.6 Å². The molecular weight excluding hydrogens is 206 g/mol. The lowest BCUT2D eigenvalue weighted by molar-refractivity contribution is -0.122. The van der Waals surface area contributed by atoms with Gasteiger partial charge in [-0.3, -0.25) is 4.79 Å². The lowest BCUT2D eigenvalue weighted by Crippen LogP contribution is -2.38. The number of rotatable bonds is 6. The molecule has 0 heterocycles. The summed E-state index contributed by atoms with van der Waals surface area (Å²) in [7, 11) is 0. The summed E-state index contributed by atoms with van der Waals surface area (Å²) in [6, 6.07) is 0.267. The molecule has 16 heavy (non-hydrogen) atoms. The molecule has 1 saturated carbocycles. The van der Waals surface area contributed by atoms with E-state index in [1.165, 1.54) is 0 Å². The van der Waals surface area contributed by atoms with Crippen molar-refractivity contribution < 1.29 is 14.6 Å². The number of aliphatic hydroxyl groups is 1. The van der Waals surface area contributed by atoms with Crippen molar-refractivity contribution in [3.8, 4) is 0 Å². The first-order valence-electron chi connectivity index (χ1n) is 6.27. The van der Waals surface area contributed by atoms with E-state index in [4.69, 9.17) is 4.74 Å². The first-order valence-corrected chi connectivity index (χ1v) is 6.27. The van der Waals surface area contributed by atoms with E-state index in [2.05, 4.69) is 5.32 Å². The van der Waals surface area contributed by atoms with Gasteiger partial charge in [0.15, 0.2) is 0 Å². The summed E-state index contributed by atoms with van der Waals surface area (Å²) in [6.45, 7) is 3.32. The summed E-state index contributed by atoms with van der Waals surface area (Å²) in [4.78, 5) is 11.5. The minimum absolute atomic E-state index is 0.112. The normalized spacial score (nSPS) is 25.4. The van der Waals surface area contributed by atoms with Crippen LogP contribution in [-0.4, -0.2) is 36.4 Å². The van der Waals surface area contributed by atoms with Gasteiger partial charge in [-0.15, -0.1) is 0 Å². The molecule has 0 unspecified atom stereocenters. The van der Waals surface area contributed by atoms with E-state index in [1.807, 2.05) is 6.92 Å². The Bertz CT molecular complexity index is 200. The average molecular weight is 229 g/mol. The molecule has 0 bridgehead atoms. The number of carbonyl (C=O) groups is 1. The van der Waals surface area contributed by atoms with Crippen LogP contribution in [0, 0.1) is 0 Å². The van der Waals surface area contributed by atoms with Crippen LogP contribution in [0.1, 0.15) is 45.4 Å². The van der Waals surface area contributed by atoms with E-state index >= 15 is 0 Å². The van der Waals surface area contributed by atoms with Gasteiger partial charge in [-0.25, -0.2) is 0 Å². The molecule has 2 N–H and O–H groups in total. The highest BCUT2D eigenvalue weighted by Gasteiger charge is 2.20. The zero-order valence-electron chi connectivity index (χ0n) is 10.1. The van der Waals surface area contributed by atoms with Crippen molar-refractivity contribution in [1.29, 1.82) is 0 Å². The Balaban J connectivity index is 2.05. The van der Waals surface area contributed by atoms with Crippen LogP contribution in [0.5, 0.6) is 0 Å². The second-order valence-corrected chi connectivity index (χ2v) is 4.37. The maximum absolute atomic E-state index is 11.5. The first kappa shape index (κ1) is 13.5. The Morgan fingerprint density at radius 1 is 1.38 bits per heavy atom. The van der Waals surface area contributed by atoms with Crippen LogP contribution in [-0.2, 0) is 9.53 Å². The minimum Gasteiger partial charge on any atom is -0.393 e. The number of nitrogens with one attached hydrogen (secondary N) is 1. The molecule has 0 atom stereocenters. The van der Waals surface area contributed by atoms with Crippen molar-refractivity contribution in [2.75, 3.05) is 13.2 Å². The van der Waals surface area contributed by atoms with Gasteiger partial charge in [-0.1, -0.05) is 0 Å². The Kier molecular flexibility index (Phi) is 6.42. The zero-order chi connectivity index (χ0) is 11.8. The monoisotopic (exact) mass is 229 g/mol. The number of hydrogen-bond donors (Lipinski definition) is 2. The third-order valence-corrected chi connectivity index (χ3v) is 2.96. The first-order chi connectivity index (χ1) is 7.72. The molecule has 0 saturated heterocycles. The zero-order valence-corrected chi connectivity index (χ0v) is 10.1. The van der Waals surface area contributed by atoms with Crippen LogP contribution in [0.3, 0.4) is 0 Å². The maximum atomic E-state index is 11.5. The summed E-state index contributed by atoms with van der Waals surface area (Å²) in [5, 5.41) is 12.3. The van der Waals surface area contributed by atoms with Gasteiger partial charge in [0.05, 0.1) is 6.10 Å². The molecule has 0 aliphatic heterocycles. The van der Waals surface area contributed by atoms with Crippen LogP contribution >= 0.6 is 0 Å². The summed E-state index contributed by atoms with van der Waals surface area (Å²) >= 11 is 0. The van der Waals surface area contributed by atoms with Gasteiger partial charge in [0.2, 0.25) is 5.91 Å². The molecule has 0 aromatic carbocycles. The predicted octanol–water partition coefficient (Wildman–Crippen LogP) is 1.22. The van der Waals surface area contributed by atoms with Gasteiger partial charge in [0.1, 0.15) is 0 Å². The topological polar surface area (TPSA) is 58.6 Å². The molecule has 1 aliphatic carbocycles. The van der Waals surface area contributed by atoms with Gasteiger partial charge in [0, 0.05) is 25.7 Å². The van der Waals surface area contributed by atoms with Crippen molar-refractivity contribution in [3.05, 3.63) is 0 Å². The van der Waals surface area contributed by atoms with E-state index in [0.717, 1.165) is 32.1 Å². The maximum Gasteiger partial charge on any atom is 0.220 e. The van der Waals surface area contributed by atoms with Crippen LogP contribution < -0.4 is 5.32 Å². The van der Waals surface area contributed by atoms with Gasteiger partial charge in [0.25, 0.3) is 0 Å². The lowest BCUT2D eigenvalue weighted by Gasteiger charge is -2.26. The van der Waals surface area contributed by atoms with Crippen LogP contribution in [0.2, 0.25) is 0 Å². The molecule has 4 heteroatoms. The standard InChI is InChI=1S/C12H23NO3/c1-2-16-9-3-4-12(15)13-10-5-7-11(14)8-6-10/h10-11,14H,2-9H2,1H3,(H,13,15). The van der Waals surface area contributed by atoms with E-state index in [-0.39, 0.29) is 18.1 Å². The molecule has 1 fully saturated rings. The second kappa shape index (κ2) is 7.63. The fourth-order valence-electron chi connectivity index (χ4n) is 2.00. The van der Waals surface area contributed by atoms with E-state index in [1.54, 1.807) is 0 Å². The van der Waals surface area contributed by atoms with E-state index in [9.17, 15) is 9.90 Å². The number of amides is 1. The quantitative estimate of drug-likeness (QED) is 0.673. The van der Waals surface area contributed by atoms with Gasteiger partial charge < -0.3 is 15.2 Å². The SMILES string of the molecule is CCOCCCC(=O)NC1CCC(O)CC1. The number of carbonyl (C=O) groups excluding carboxylic acids is 1. The number of ether oxygens (including phenoxy) is 1. The molecule has 0 aromatic heterocycles. The van der Waals surface area contributed by atoms with Crippen molar-refractivity contribution in [2.24, 2.45) is 0 Å². The molecule has 4 nitrogen and oxygen atoms in total. The molecule has 0 spiro atoms. The molecule has 0 radical (unpaired) electrons. The molecule has 94 valence electrons. The average Bonchev–Trinajstić information content (AvgIpc) is 2.28. The predicted molar refractivity (Wildman–Crippen MR) is 62.1 cm³/mol. The Morgan fingerprint density at radius 3 is 2.69 bits per heavy atom. The minimum atomic E-state index is -0.161. The smallest absolute Gasteiger partial charge is 0.220 e. The number of aliphatic hydroxyl groups excluding tert-OH is 1. The van der Waals surface area contributed by atoms with Crippen LogP contribution in [0.15, 0.2) is 0 Å². The Hall–Kier alpha value is -0.610. The van der Waals surface area contributed by atoms with Gasteiger partial charge >= 0.3 is 0 Å². The van der Waals surface area contributed by atoms with Crippen molar-refractivity contribution >= 4 is 5.91 Å². The fourth-order valence-corrected chi connectivity index (χ4v) is 2.00. The van der Waals surface area contributed by atoms with Crippen LogP contribution in [0.25, 0.3) is 0 Å². The van der Waals surface area contributed by atoms with Crippen molar-refractivity contribution in [2.45, 2.75) is 57.6 Å². The Labute approximate surface area is 97.4 Å². The van der Waals surface area contributed by atoms with Crippen molar-refractivity contribution in [3.63, 3.8) is 0 Å². The van der Waals surface area contributed by atoms with Gasteiger partial charge in [-0.2, -0.15) is 0 Å². The summed E-state index contributed by atoms with van der Waals surface area (Å²) in [5.41, 5.74) is 0.